The van der Waals surface area contributed by atoms with Crippen molar-refractivity contribution in [1.29, 1.82) is 0 Å². The van der Waals surface area contributed by atoms with Crippen LogP contribution in [0.4, 0.5) is 0 Å². The van der Waals surface area contributed by atoms with Crippen molar-refractivity contribution < 1.29 is 14.2 Å². The van der Waals surface area contributed by atoms with Gasteiger partial charge in [0.15, 0.2) is 11.5 Å². The maximum atomic E-state index is 5.46. The van der Waals surface area contributed by atoms with Gasteiger partial charge in [0.2, 0.25) is 5.88 Å². The van der Waals surface area contributed by atoms with Gasteiger partial charge in [0.1, 0.15) is 0 Å². The molecule has 0 radical (unpaired) electrons. The molecule has 2 aromatic heterocycles. The number of aryl methyl sites for hydroxylation is 2. The Kier molecular flexibility index (Phi) is 3.11. The summed E-state index contributed by atoms with van der Waals surface area (Å²) in [6, 6.07) is 4.09. The molecular weight excluding hydrogens is 294 g/mol. The van der Waals surface area contributed by atoms with Gasteiger partial charge in [-0.2, -0.15) is 5.10 Å². The van der Waals surface area contributed by atoms with E-state index in [0.717, 1.165) is 46.5 Å². The molecule has 0 bridgehead atoms. The van der Waals surface area contributed by atoms with Crippen LogP contribution in [0.5, 0.6) is 17.4 Å². The van der Waals surface area contributed by atoms with Gasteiger partial charge in [-0.15, -0.1) is 5.10 Å². The van der Waals surface area contributed by atoms with Gasteiger partial charge in [-0.3, -0.25) is 0 Å². The highest BCUT2D eigenvalue weighted by Gasteiger charge is 2.23. The van der Waals surface area contributed by atoms with Gasteiger partial charge >= 0.3 is 0 Å². The summed E-state index contributed by atoms with van der Waals surface area (Å²) < 4.78 is 18.5. The first kappa shape index (κ1) is 13.9. The second-order valence-corrected chi connectivity index (χ2v) is 5.47. The number of aromatic nitrogens is 3. The Morgan fingerprint density at radius 1 is 1.00 bits per heavy atom. The second kappa shape index (κ2) is 5.15. The topological polar surface area (TPSA) is 58.4 Å². The van der Waals surface area contributed by atoms with Crippen molar-refractivity contribution in [1.82, 2.24) is 14.8 Å². The van der Waals surface area contributed by atoms with Crippen LogP contribution in [-0.2, 0) is 13.0 Å². The number of ether oxygens (including phenoxy) is 3. The van der Waals surface area contributed by atoms with E-state index in [9.17, 15) is 0 Å². The fourth-order valence-electron chi connectivity index (χ4n) is 3.28. The van der Waals surface area contributed by atoms with Crippen molar-refractivity contribution in [3.8, 4) is 28.6 Å². The molecule has 3 heterocycles. The SMILES string of the molecule is COc1cc2c(cc1OC)-c1c3cnnc(OC)c3cn1CC2. The van der Waals surface area contributed by atoms with Crippen molar-refractivity contribution in [3.05, 3.63) is 30.1 Å². The summed E-state index contributed by atoms with van der Waals surface area (Å²) in [7, 11) is 4.92. The van der Waals surface area contributed by atoms with Crippen LogP contribution in [0, 0.1) is 0 Å². The van der Waals surface area contributed by atoms with Crippen LogP contribution < -0.4 is 14.2 Å². The minimum Gasteiger partial charge on any atom is -0.493 e. The summed E-state index contributed by atoms with van der Waals surface area (Å²) in [6.07, 6.45) is 4.81. The van der Waals surface area contributed by atoms with Gasteiger partial charge in [0, 0.05) is 23.7 Å². The average molecular weight is 311 g/mol. The molecule has 4 rings (SSSR count). The van der Waals surface area contributed by atoms with E-state index in [1.807, 2.05) is 6.07 Å². The van der Waals surface area contributed by atoms with E-state index in [0.29, 0.717) is 5.88 Å². The van der Waals surface area contributed by atoms with Crippen LogP contribution in [0.2, 0.25) is 0 Å². The molecule has 0 N–H and O–H groups in total. The van der Waals surface area contributed by atoms with E-state index in [4.69, 9.17) is 14.2 Å². The number of hydrogen-bond acceptors (Lipinski definition) is 5. The number of nitrogens with zero attached hydrogens (tertiary/aromatic N) is 3. The number of methoxy groups -OCH3 is 3. The normalized spacial score (nSPS) is 12.7. The summed E-state index contributed by atoms with van der Waals surface area (Å²) >= 11 is 0. The maximum absolute atomic E-state index is 5.46. The smallest absolute Gasteiger partial charge is 0.242 e. The summed E-state index contributed by atoms with van der Waals surface area (Å²) in [5.74, 6) is 2.03. The first-order valence-corrected chi connectivity index (χ1v) is 7.40. The Balaban J connectivity index is 2.02. The lowest BCUT2D eigenvalue weighted by Crippen LogP contribution is -2.10. The average Bonchev–Trinajstić information content (AvgIpc) is 2.99. The zero-order valence-corrected chi connectivity index (χ0v) is 13.3. The number of hydrogen-bond donors (Lipinski definition) is 0. The molecule has 0 unspecified atom stereocenters. The predicted molar refractivity (Wildman–Crippen MR) is 86.3 cm³/mol. The van der Waals surface area contributed by atoms with Crippen LogP contribution in [0.25, 0.3) is 22.0 Å². The zero-order valence-electron chi connectivity index (χ0n) is 13.3. The van der Waals surface area contributed by atoms with E-state index in [2.05, 4.69) is 27.0 Å². The quantitative estimate of drug-likeness (QED) is 0.744. The molecule has 6 nitrogen and oxygen atoms in total. The van der Waals surface area contributed by atoms with Crippen molar-refractivity contribution in [2.24, 2.45) is 0 Å². The molecule has 0 saturated heterocycles. The lowest BCUT2D eigenvalue weighted by Gasteiger charge is -2.21. The molecule has 1 aliphatic heterocycles. The van der Waals surface area contributed by atoms with Crippen molar-refractivity contribution in [2.75, 3.05) is 21.3 Å². The number of benzene rings is 1. The Morgan fingerprint density at radius 3 is 2.52 bits per heavy atom. The summed E-state index contributed by atoms with van der Waals surface area (Å²) in [4.78, 5) is 0. The minimum atomic E-state index is 0.548. The highest BCUT2D eigenvalue weighted by molar-refractivity contribution is 5.99. The fraction of sp³-hybridized carbons (Fsp3) is 0.294. The zero-order chi connectivity index (χ0) is 16.0. The van der Waals surface area contributed by atoms with Gasteiger partial charge < -0.3 is 18.8 Å². The standard InChI is InChI=1S/C17H17N3O3/c1-21-14-6-10-4-5-20-9-13-12(8-18-19-17(13)23-3)16(20)11(10)7-15(14)22-2/h6-9H,4-5H2,1-3H3. The Labute approximate surface area is 133 Å². The van der Waals surface area contributed by atoms with Crippen LogP contribution in [0.3, 0.4) is 0 Å². The van der Waals surface area contributed by atoms with Crippen molar-refractivity contribution in [2.45, 2.75) is 13.0 Å². The predicted octanol–water partition coefficient (Wildman–Crippen LogP) is 2.68. The first-order chi connectivity index (χ1) is 11.3. The summed E-state index contributed by atoms with van der Waals surface area (Å²) in [5, 5.41) is 10.1. The Morgan fingerprint density at radius 2 is 1.78 bits per heavy atom. The molecule has 0 saturated carbocycles. The van der Waals surface area contributed by atoms with Crippen molar-refractivity contribution >= 4 is 10.8 Å². The largest absolute Gasteiger partial charge is 0.493 e. The van der Waals surface area contributed by atoms with Crippen LogP contribution >= 0.6 is 0 Å². The van der Waals surface area contributed by atoms with Crippen LogP contribution in [0.15, 0.2) is 24.5 Å². The number of rotatable bonds is 3. The van der Waals surface area contributed by atoms with Crippen LogP contribution in [-0.4, -0.2) is 36.1 Å². The summed E-state index contributed by atoms with van der Waals surface area (Å²) in [5.41, 5.74) is 3.50. The van der Waals surface area contributed by atoms with E-state index < -0.39 is 0 Å². The molecule has 118 valence electrons. The van der Waals surface area contributed by atoms with Gasteiger partial charge in [-0.25, -0.2) is 0 Å². The molecule has 23 heavy (non-hydrogen) atoms. The van der Waals surface area contributed by atoms with Crippen molar-refractivity contribution in [3.63, 3.8) is 0 Å². The Hall–Kier alpha value is -2.76. The lowest BCUT2D eigenvalue weighted by atomic mass is 9.96. The third kappa shape index (κ3) is 1.94. The molecular formula is C17H17N3O3. The first-order valence-electron chi connectivity index (χ1n) is 7.40. The highest BCUT2D eigenvalue weighted by atomic mass is 16.5. The van der Waals surface area contributed by atoms with E-state index in [1.54, 1.807) is 27.5 Å². The third-order valence-electron chi connectivity index (χ3n) is 4.36. The van der Waals surface area contributed by atoms with E-state index >= 15 is 0 Å². The molecule has 1 aromatic carbocycles. The third-order valence-corrected chi connectivity index (χ3v) is 4.36. The molecule has 0 spiro atoms. The Bertz CT molecular complexity index is 902. The minimum absolute atomic E-state index is 0.548. The summed E-state index contributed by atoms with van der Waals surface area (Å²) in [6.45, 7) is 0.898. The highest BCUT2D eigenvalue weighted by Crippen LogP contribution is 2.42. The molecule has 3 aromatic rings. The lowest BCUT2D eigenvalue weighted by molar-refractivity contribution is 0.354. The number of fused-ring (bicyclic) bond motifs is 5. The van der Waals surface area contributed by atoms with Gasteiger partial charge in [0.05, 0.1) is 38.6 Å². The van der Waals surface area contributed by atoms with Gasteiger partial charge in [-0.1, -0.05) is 0 Å². The molecule has 0 amide bonds. The van der Waals surface area contributed by atoms with Crippen LogP contribution in [0.1, 0.15) is 5.56 Å². The molecule has 0 fully saturated rings. The monoisotopic (exact) mass is 311 g/mol. The maximum Gasteiger partial charge on any atom is 0.242 e. The van der Waals surface area contributed by atoms with E-state index in [1.165, 1.54) is 5.56 Å². The molecule has 6 heteroatoms. The van der Waals surface area contributed by atoms with E-state index in [-0.39, 0.29) is 0 Å². The molecule has 1 aliphatic rings. The fourth-order valence-corrected chi connectivity index (χ4v) is 3.28. The second-order valence-electron chi connectivity index (χ2n) is 5.47. The van der Waals surface area contributed by atoms with Gasteiger partial charge in [0.25, 0.3) is 0 Å². The van der Waals surface area contributed by atoms with Gasteiger partial charge in [-0.05, 0) is 24.1 Å². The molecule has 0 aliphatic carbocycles. The molecule has 0 atom stereocenters.